The van der Waals surface area contributed by atoms with E-state index in [4.69, 9.17) is 10.2 Å². The predicted octanol–water partition coefficient (Wildman–Crippen LogP) is 2.25. The van der Waals surface area contributed by atoms with Gasteiger partial charge >= 0.3 is 0 Å². The van der Waals surface area contributed by atoms with Crippen molar-refractivity contribution < 1.29 is 9.05 Å². The number of aromatic nitrogens is 3. The number of nitrogen functional groups attached to an aromatic ring is 1. The Morgan fingerprint density at radius 3 is 2.82 bits per heavy atom. The van der Waals surface area contributed by atoms with Gasteiger partial charge in [-0.1, -0.05) is 0 Å². The number of hydrogen-bond acceptors (Lipinski definition) is 7. The van der Waals surface area contributed by atoms with E-state index in [0.717, 1.165) is 10.6 Å². The van der Waals surface area contributed by atoms with Crippen LogP contribution in [0.2, 0.25) is 0 Å². The molecule has 0 aliphatic heterocycles. The van der Waals surface area contributed by atoms with Gasteiger partial charge in [0.05, 0.1) is 11.4 Å². The number of fused-ring (bicyclic) bond motifs is 1. The van der Waals surface area contributed by atoms with Crippen LogP contribution in [0.25, 0.3) is 11.0 Å². The molecule has 3 rings (SSSR count). The maximum absolute atomic E-state index is 5.76. The molecule has 2 N–H and O–H groups in total. The van der Waals surface area contributed by atoms with Crippen molar-refractivity contribution in [3.05, 3.63) is 24.1 Å². The first-order valence-electron chi connectivity index (χ1n) is 4.85. The maximum Gasteiger partial charge on any atom is 0.260 e. The van der Waals surface area contributed by atoms with E-state index in [2.05, 4.69) is 19.9 Å². The SMILES string of the molecule is Cc1coc(Sc2ccc(N)c3nonc23)n1. The van der Waals surface area contributed by atoms with E-state index in [0.29, 0.717) is 21.9 Å². The summed E-state index contributed by atoms with van der Waals surface area (Å²) in [7, 11) is 0. The summed E-state index contributed by atoms with van der Waals surface area (Å²) in [5.74, 6) is 0. The average molecular weight is 248 g/mol. The Kier molecular flexibility index (Phi) is 2.25. The number of hydrogen-bond donors (Lipinski definition) is 1. The molecule has 0 atom stereocenters. The molecule has 0 fully saturated rings. The molecule has 0 amide bonds. The summed E-state index contributed by atoms with van der Waals surface area (Å²) in [4.78, 5) is 5.05. The standard InChI is InChI=1S/C10H8N4O2S/c1-5-4-15-10(12-5)17-7-3-2-6(11)8-9(7)14-16-13-8/h2-4H,11H2,1H3. The van der Waals surface area contributed by atoms with Gasteiger partial charge in [-0.05, 0) is 41.1 Å². The van der Waals surface area contributed by atoms with Gasteiger partial charge in [-0.3, -0.25) is 0 Å². The minimum atomic E-state index is 0.536. The van der Waals surface area contributed by atoms with E-state index in [-0.39, 0.29) is 0 Å². The number of nitrogens with zero attached hydrogens (tertiary/aromatic N) is 3. The molecule has 0 unspecified atom stereocenters. The molecule has 0 bridgehead atoms. The van der Waals surface area contributed by atoms with Crippen molar-refractivity contribution in [3.63, 3.8) is 0 Å². The molecule has 0 radical (unpaired) electrons. The zero-order valence-corrected chi connectivity index (χ0v) is 9.69. The quantitative estimate of drug-likeness (QED) is 0.695. The number of anilines is 1. The highest BCUT2D eigenvalue weighted by Gasteiger charge is 2.13. The summed E-state index contributed by atoms with van der Waals surface area (Å²) in [6.07, 6.45) is 1.60. The van der Waals surface area contributed by atoms with Gasteiger partial charge in [0.25, 0.3) is 5.22 Å². The average Bonchev–Trinajstić information content (AvgIpc) is 2.92. The van der Waals surface area contributed by atoms with E-state index >= 15 is 0 Å². The molecule has 2 aromatic heterocycles. The van der Waals surface area contributed by atoms with Gasteiger partial charge in [0.15, 0.2) is 11.0 Å². The molecular weight excluding hydrogens is 240 g/mol. The van der Waals surface area contributed by atoms with Crippen molar-refractivity contribution in [3.8, 4) is 0 Å². The molecule has 0 saturated carbocycles. The van der Waals surface area contributed by atoms with E-state index < -0.39 is 0 Å². The topological polar surface area (TPSA) is 91.0 Å². The van der Waals surface area contributed by atoms with Crippen molar-refractivity contribution in [1.29, 1.82) is 0 Å². The first kappa shape index (κ1) is 10.2. The van der Waals surface area contributed by atoms with Crippen LogP contribution in [0.15, 0.2) is 37.6 Å². The fourth-order valence-corrected chi connectivity index (χ4v) is 2.26. The second-order valence-electron chi connectivity index (χ2n) is 3.47. The van der Waals surface area contributed by atoms with E-state index in [1.807, 2.05) is 13.0 Å². The Hall–Kier alpha value is -2.02. The third-order valence-corrected chi connectivity index (χ3v) is 3.12. The zero-order chi connectivity index (χ0) is 11.8. The summed E-state index contributed by atoms with van der Waals surface area (Å²) < 4.78 is 9.95. The lowest BCUT2D eigenvalue weighted by Gasteiger charge is -1.98. The highest BCUT2D eigenvalue weighted by atomic mass is 32.2. The second kappa shape index (κ2) is 3.77. The summed E-state index contributed by atoms with van der Waals surface area (Å²) >= 11 is 1.36. The van der Waals surface area contributed by atoms with Gasteiger partial charge in [-0.2, -0.15) is 0 Å². The molecular formula is C10H8N4O2S. The van der Waals surface area contributed by atoms with Crippen LogP contribution >= 0.6 is 11.8 Å². The lowest BCUT2D eigenvalue weighted by atomic mass is 10.3. The number of oxazole rings is 1. The summed E-state index contributed by atoms with van der Waals surface area (Å²) in [5.41, 5.74) is 8.29. The van der Waals surface area contributed by atoms with E-state index in [9.17, 15) is 0 Å². The van der Waals surface area contributed by atoms with Crippen LogP contribution in [0.3, 0.4) is 0 Å². The Labute approximate surface area is 100 Å². The second-order valence-corrected chi connectivity index (χ2v) is 4.46. The van der Waals surface area contributed by atoms with Gasteiger partial charge in [0.1, 0.15) is 6.26 Å². The number of benzene rings is 1. The van der Waals surface area contributed by atoms with Crippen molar-refractivity contribution in [2.45, 2.75) is 17.0 Å². The lowest BCUT2D eigenvalue weighted by Crippen LogP contribution is -1.87. The molecule has 17 heavy (non-hydrogen) atoms. The van der Waals surface area contributed by atoms with Gasteiger partial charge in [0, 0.05) is 4.90 Å². The Morgan fingerprint density at radius 2 is 2.06 bits per heavy atom. The minimum Gasteiger partial charge on any atom is -0.439 e. The minimum absolute atomic E-state index is 0.536. The van der Waals surface area contributed by atoms with Gasteiger partial charge < -0.3 is 10.2 Å². The predicted molar refractivity (Wildman–Crippen MR) is 61.6 cm³/mol. The Balaban J connectivity index is 2.06. The van der Waals surface area contributed by atoms with Crippen LogP contribution in [-0.2, 0) is 0 Å². The fraction of sp³-hybridized carbons (Fsp3) is 0.100. The Morgan fingerprint density at radius 1 is 1.24 bits per heavy atom. The highest BCUT2D eigenvalue weighted by molar-refractivity contribution is 7.99. The smallest absolute Gasteiger partial charge is 0.260 e. The first-order valence-corrected chi connectivity index (χ1v) is 5.66. The molecule has 1 aromatic carbocycles. The van der Waals surface area contributed by atoms with Crippen molar-refractivity contribution >= 4 is 28.5 Å². The number of nitrogens with two attached hydrogens (primary N) is 1. The third-order valence-electron chi connectivity index (χ3n) is 2.20. The molecule has 0 spiro atoms. The Bertz CT molecular complexity index is 676. The summed E-state index contributed by atoms with van der Waals surface area (Å²) in [6.45, 7) is 1.86. The van der Waals surface area contributed by atoms with Crippen LogP contribution in [0, 0.1) is 6.92 Å². The summed E-state index contributed by atoms with van der Waals surface area (Å²) in [5, 5.41) is 8.13. The van der Waals surface area contributed by atoms with Crippen LogP contribution < -0.4 is 5.73 Å². The van der Waals surface area contributed by atoms with Crippen LogP contribution in [0.1, 0.15) is 5.69 Å². The van der Waals surface area contributed by atoms with Crippen LogP contribution in [0.4, 0.5) is 5.69 Å². The molecule has 86 valence electrons. The monoisotopic (exact) mass is 248 g/mol. The zero-order valence-electron chi connectivity index (χ0n) is 8.88. The van der Waals surface area contributed by atoms with Crippen molar-refractivity contribution in [1.82, 2.24) is 15.3 Å². The van der Waals surface area contributed by atoms with Crippen molar-refractivity contribution in [2.75, 3.05) is 5.73 Å². The maximum atomic E-state index is 5.76. The molecule has 6 nitrogen and oxygen atoms in total. The number of rotatable bonds is 2. The normalized spacial score (nSPS) is 11.1. The van der Waals surface area contributed by atoms with Crippen LogP contribution in [-0.4, -0.2) is 15.3 Å². The molecule has 0 saturated heterocycles. The molecule has 2 heterocycles. The largest absolute Gasteiger partial charge is 0.439 e. The van der Waals surface area contributed by atoms with Gasteiger partial charge in [0.2, 0.25) is 0 Å². The fourth-order valence-electron chi connectivity index (χ4n) is 1.42. The highest BCUT2D eigenvalue weighted by Crippen LogP contribution is 2.33. The van der Waals surface area contributed by atoms with E-state index in [1.165, 1.54) is 11.8 Å². The molecule has 0 aliphatic carbocycles. The molecule has 0 aliphatic rings. The van der Waals surface area contributed by atoms with Crippen molar-refractivity contribution in [2.24, 2.45) is 0 Å². The molecule has 3 aromatic rings. The number of aryl methyl sites for hydroxylation is 1. The molecule has 7 heteroatoms. The third kappa shape index (κ3) is 1.74. The summed E-state index contributed by atoms with van der Waals surface area (Å²) in [6, 6.07) is 3.59. The van der Waals surface area contributed by atoms with E-state index in [1.54, 1.807) is 12.3 Å². The van der Waals surface area contributed by atoms with Gasteiger partial charge in [-0.25, -0.2) is 9.61 Å². The first-order chi connectivity index (χ1) is 8.24. The van der Waals surface area contributed by atoms with Crippen LogP contribution in [0.5, 0.6) is 0 Å². The van der Waals surface area contributed by atoms with Gasteiger partial charge in [-0.15, -0.1) is 0 Å². The lowest BCUT2D eigenvalue weighted by molar-refractivity contribution is 0.315.